The Labute approximate surface area is 191 Å². The molecular weight excluding hydrogens is 432 g/mol. The second-order valence-corrected chi connectivity index (χ2v) is 8.75. The summed E-state index contributed by atoms with van der Waals surface area (Å²) in [5.74, 6) is 0.521. The Kier molecular flexibility index (Phi) is 11.1. The summed E-state index contributed by atoms with van der Waals surface area (Å²) in [6, 6.07) is 5.43. The first kappa shape index (κ1) is 27.3. The van der Waals surface area contributed by atoms with Gasteiger partial charge in [0.2, 0.25) is 0 Å². The molecule has 32 heavy (non-hydrogen) atoms. The van der Waals surface area contributed by atoms with Gasteiger partial charge in [-0.3, -0.25) is 8.99 Å². The van der Waals surface area contributed by atoms with E-state index in [0.29, 0.717) is 18.0 Å². The number of nitrogens with one attached hydrogen (secondary N) is 1. The van der Waals surface area contributed by atoms with Crippen molar-refractivity contribution < 1.29 is 23.0 Å². The lowest BCUT2D eigenvalue weighted by Crippen LogP contribution is -2.38. The molecule has 0 bridgehead atoms. The molecule has 0 saturated heterocycles. The van der Waals surface area contributed by atoms with Crippen molar-refractivity contribution in [2.75, 3.05) is 37.7 Å². The average Bonchev–Trinajstić information content (AvgIpc) is 3.23. The third kappa shape index (κ3) is 6.88. The lowest BCUT2D eigenvalue weighted by molar-refractivity contribution is 0.117. The highest BCUT2D eigenvalue weighted by Crippen LogP contribution is 2.37. The zero-order valence-corrected chi connectivity index (χ0v) is 20.2. The molecule has 1 aliphatic rings. The van der Waals surface area contributed by atoms with Crippen LogP contribution in [0.1, 0.15) is 26.3 Å². The highest BCUT2D eigenvalue weighted by atomic mass is 32.2. The largest absolute Gasteiger partial charge is 0.489 e. The fourth-order valence-corrected chi connectivity index (χ4v) is 4.22. The molecular formula is C22H34N4O5S. The Hall–Kier alpha value is -2.74. The predicted octanol–water partition coefficient (Wildman–Crippen LogP) is 2.03. The molecule has 1 aromatic carbocycles. The van der Waals surface area contributed by atoms with Crippen molar-refractivity contribution in [3.8, 4) is 24.5 Å². The van der Waals surface area contributed by atoms with Crippen LogP contribution in [0, 0.1) is 19.8 Å². The van der Waals surface area contributed by atoms with Crippen LogP contribution in [0.3, 0.4) is 0 Å². The number of aryl methyl sites for hydroxylation is 2. The van der Waals surface area contributed by atoms with Gasteiger partial charge < -0.3 is 19.9 Å². The first-order chi connectivity index (χ1) is 15.2. The number of benzene rings is 1. The number of nitrogens with zero attached hydrogens (tertiary/aromatic N) is 3. The molecule has 178 valence electrons. The van der Waals surface area contributed by atoms with Crippen molar-refractivity contribution in [3.63, 3.8) is 0 Å². The van der Waals surface area contributed by atoms with Gasteiger partial charge in [0.15, 0.2) is 4.90 Å². The molecule has 0 aliphatic carbocycles. The monoisotopic (exact) mass is 466 g/mol. The summed E-state index contributed by atoms with van der Waals surface area (Å²) in [5, 5.41) is 16.6. The van der Waals surface area contributed by atoms with Crippen LogP contribution in [-0.4, -0.2) is 62.8 Å². The SMILES string of the molecule is C#C.CCNC.CCn1cc(S(=O)(=O)N2CCOc3ccc(C)cc32)c(OC[C@H](C)O)n1. The van der Waals surface area contributed by atoms with Gasteiger partial charge in [-0.2, -0.15) is 0 Å². The normalized spacial score (nSPS) is 13.4. The molecule has 3 rings (SSSR count). The minimum atomic E-state index is -3.90. The number of aliphatic hydroxyl groups is 1. The number of hydrogen-bond acceptors (Lipinski definition) is 7. The molecule has 1 aromatic heterocycles. The van der Waals surface area contributed by atoms with Crippen LogP contribution in [0.15, 0.2) is 29.3 Å². The van der Waals surface area contributed by atoms with Crippen molar-refractivity contribution in [2.45, 2.75) is 45.2 Å². The van der Waals surface area contributed by atoms with Gasteiger partial charge in [-0.25, -0.2) is 8.42 Å². The highest BCUT2D eigenvalue weighted by molar-refractivity contribution is 7.93. The predicted molar refractivity (Wildman–Crippen MR) is 126 cm³/mol. The molecule has 1 atom stereocenters. The van der Waals surface area contributed by atoms with Crippen LogP contribution in [0.2, 0.25) is 0 Å². The van der Waals surface area contributed by atoms with Gasteiger partial charge in [-0.1, -0.05) is 13.0 Å². The maximum atomic E-state index is 13.3. The maximum absolute atomic E-state index is 13.3. The third-order valence-corrected chi connectivity index (χ3v) is 6.13. The van der Waals surface area contributed by atoms with E-state index in [1.807, 2.05) is 27.0 Å². The lowest BCUT2D eigenvalue weighted by atomic mass is 10.2. The van der Waals surface area contributed by atoms with E-state index in [2.05, 4.69) is 30.2 Å². The van der Waals surface area contributed by atoms with Crippen molar-refractivity contribution in [3.05, 3.63) is 30.0 Å². The number of aliphatic hydroxyl groups excluding tert-OH is 1. The third-order valence-electron chi connectivity index (χ3n) is 4.34. The first-order valence-electron chi connectivity index (χ1n) is 10.4. The number of sulfonamides is 1. The summed E-state index contributed by atoms with van der Waals surface area (Å²) in [5.41, 5.74) is 1.44. The van der Waals surface area contributed by atoms with E-state index < -0.39 is 16.1 Å². The number of terminal acetylenes is 1. The Bertz CT molecular complexity index is 968. The minimum absolute atomic E-state index is 0.00607. The van der Waals surface area contributed by atoms with E-state index >= 15 is 0 Å². The van der Waals surface area contributed by atoms with Gasteiger partial charge in [0.25, 0.3) is 15.9 Å². The molecule has 2 heterocycles. The molecule has 2 aromatic rings. The van der Waals surface area contributed by atoms with E-state index in [4.69, 9.17) is 9.47 Å². The zero-order valence-electron chi connectivity index (χ0n) is 19.4. The minimum Gasteiger partial charge on any atom is -0.489 e. The molecule has 1 aliphatic heterocycles. The number of fused-ring (bicyclic) bond motifs is 1. The Balaban J connectivity index is 0.000000769. The van der Waals surface area contributed by atoms with E-state index in [-0.39, 0.29) is 30.5 Å². The number of anilines is 1. The summed E-state index contributed by atoms with van der Waals surface area (Å²) in [6.45, 7) is 9.38. The van der Waals surface area contributed by atoms with Crippen molar-refractivity contribution >= 4 is 15.7 Å². The average molecular weight is 467 g/mol. The number of ether oxygens (including phenoxy) is 2. The standard InChI is InChI=1S/C17H23N3O5S.C3H9N.C2H2/c1-4-19-10-16(17(18-19)25-11-13(3)21)26(22,23)20-7-8-24-15-6-5-12(2)9-14(15)20;1-3-4-2;1-2/h5-6,9-10,13,21H,4,7-8,11H2,1-3H3;4H,3H2,1-2H3;1-2H/t13-;;/m0../s1. The van der Waals surface area contributed by atoms with Crippen LogP contribution < -0.4 is 19.1 Å². The highest BCUT2D eigenvalue weighted by Gasteiger charge is 2.34. The maximum Gasteiger partial charge on any atom is 0.271 e. The zero-order chi connectivity index (χ0) is 24.3. The van der Waals surface area contributed by atoms with E-state index in [1.54, 1.807) is 19.1 Å². The molecule has 0 amide bonds. The molecule has 9 nitrogen and oxygen atoms in total. The molecule has 0 radical (unpaired) electrons. The van der Waals surface area contributed by atoms with Crippen LogP contribution in [-0.2, 0) is 16.6 Å². The first-order valence-corrected chi connectivity index (χ1v) is 11.8. The van der Waals surface area contributed by atoms with Crippen molar-refractivity contribution in [1.82, 2.24) is 15.1 Å². The van der Waals surface area contributed by atoms with Crippen molar-refractivity contribution in [1.29, 1.82) is 0 Å². The fraction of sp³-hybridized carbons (Fsp3) is 0.500. The fourth-order valence-electron chi connectivity index (χ4n) is 2.70. The molecule has 0 spiro atoms. The summed E-state index contributed by atoms with van der Waals surface area (Å²) in [7, 11) is -1.97. The second-order valence-electron chi connectivity index (χ2n) is 6.92. The topological polar surface area (TPSA) is 106 Å². The molecule has 0 saturated carbocycles. The van der Waals surface area contributed by atoms with Crippen LogP contribution in [0.25, 0.3) is 0 Å². The van der Waals surface area contributed by atoms with Gasteiger partial charge in [-0.15, -0.1) is 17.9 Å². The summed E-state index contributed by atoms with van der Waals surface area (Å²) < 4.78 is 40.5. The quantitative estimate of drug-likeness (QED) is 0.602. The number of hydrogen-bond donors (Lipinski definition) is 2. The van der Waals surface area contributed by atoms with Crippen LogP contribution in [0.5, 0.6) is 11.6 Å². The van der Waals surface area contributed by atoms with Crippen LogP contribution >= 0.6 is 0 Å². The van der Waals surface area contributed by atoms with Gasteiger partial charge in [0.1, 0.15) is 19.0 Å². The summed E-state index contributed by atoms with van der Waals surface area (Å²) in [6.07, 6.45) is 8.72. The molecule has 0 fully saturated rings. The molecule has 10 heteroatoms. The molecule has 2 N–H and O–H groups in total. The van der Waals surface area contributed by atoms with Crippen molar-refractivity contribution in [2.24, 2.45) is 0 Å². The number of rotatable bonds is 7. The molecule has 0 unspecified atom stereocenters. The Morgan fingerprint density at radius 1 is 1.34 bits per heavy atom. The summed E-state index contributed by atoms with van der Waals surface area (Å²) >= 11 is 0. The lowest BCUT2D eigenvalue weighted by Gasteiger charge is -2.30. The van der Waals surface area contributed by atoms with Crippen LogP contribution in [0.4, 0.5) is 5.69 Å². The van der Waals surface area contributed by atoms with E-state index in [9.17, 15) is 13.5 Å². The van der Waals surface area contributed by atoms with E-state index in [1.165, 1.54) is 15.2 Å². The van der Waals surface area contributed by atoms with Gasteiger partial charge in [0, 0.05) is 12.7 Å². The van der Waals surface area contributed by atoms with Gasteiger partial charge in [-0.05, 0) is 52.1 Å². The van der Waals surface area contributed by atoms with Gasteiger partial charge in [0.05, 0.1) is 18.3 Å². The smallest absolute Gasteiger partial charge is 0.271 e. The van der Waals surface area contributed by atoms with Gasteiger partial charge >= 0.3 is 0 Å². The number of aromatic nitrogens is 2. The summed E-state index contributed by atoms with van der Waals surface area (Å²) in [4.78, 5) is -0.0191. The Morgan fingerprint density at radius 3 is 2.56 bits per heavy atom. The second kappa shape index (κ2) is 13.0. The van der Waals surface area contributed by atoms with E-state index in [0.717, 1.165) is 12.1 Å². The Morgan fingerprint density at radius 2 is 2.00 bits per heavy atom.